The zero-order valence-corrected chi connectivity index (χ0v) is 12.2. The molecule has 0 aliphatic carbocycles. The summed E-state index contributed by atoms with van der Waals surface area (Å²) in [5.74, 6) is -0.117. The highest BCUT2D eigenvalue weighted by atomic mass is 32.2. The van der Waals surface area contributed by atoms with Crippen LogP contribution in [0.15, 0.2) is 52.3 Å². The van der Waals surface area contributed by atoms with Crippen molar-refractivity contribution in [2.24, 2.45) is 0 Å². The molecule has 1 heterocycles. The molecule has 0 fully saturated rings. The Morgan fingerprint density at radius 3 is 2.62 bits per heavy atom. The van der Waals surface area contributed by atoms with Gasteiger partial charge in [-0.25, -0.2) is 12.8 Å². The number of sulfone groups is 1. The number of aryl methyl sites for hydroxylation is 1. The molecule has 21 heavy (non-hydrogen) atoms. The monoisotopic (exact) mass is 304 g/mol. The molecule has 5 heteroatoms. The molecular formula is C16H13FO3S. The second kappa shape index (κ2) is 5.00. The molecule has 0 amide bonds. The van der Waals surface area contributed by atoms with E-state index in [1.54, 1.807) is 24.3 Å². The Kier molecular flexibility index (Phi) is 3.29. The smallest absolute Gasteiger partial charge is 0.206 e. The first kappa shape index (κ1) is 13.8. The summed E-state index contributed by atoms with van der Waals surface area (Å²) in [6, 6.07) is 10.8. The molecule has 0 saturated carbocycles. The van der Waals surface area contributed by atoms with Gasteiger partial charge in [-0.15, -0.1) is 0 Å². The first-order valence-electron chi connectivity index (χ1n) is 6.42. The second-order valence-electron chi connectivity index (χ2n) is 4.85. The molecule has 2 aromatic carbocycles. The molecule has 2 aromatic rings. The maximum absolute atomic E-state index is 13.1. The lowest BCUT2D eigenvalue weighted by Crippen LogP contribution is -2.09. The summed E-state index contributed by atoms with van der Waals surface area (Å²) in [7, 11) is -3.51. The number of fused-ring (bicyclic) bond motifs is 1. The largest absolute Gasteiger partial charge is 0.488 e. The predicted molar refractivity (Wildman–Crippen MR) is 78.2 cm³/mol. The second-order valence-corrected chi connectivity index (χ2v) is 6.82. The van der Waals surface area contributed by atoms with Crippen molar-refractivity contribution in [3.63, 3.8) is 0 Å². The maximum Gasteiger partial charge on any atom is 0.206 e. The van der Waals surface area contributed by atoms with E-state index in [1.807, 2.05) is 13.0 Å². The Balaban J connectivity index is 1.88. The van der Waals surface area contributed by atoms with Gasteiger partial charge in [0.2, 0.25) is 9.84 Å². The standard InChI is InChI=1S/C16H13FO3S/c1-11-4-2-7-16-15(11)9-14(21(16,18)19)10-20-13-6-3-5-12(17)8-13/h2-9H,10H2,1H3. The summed E-state index contributed by atoms with van der Waals surface area (Å²) in [5, 5.41) is 0. The van der Waals surface area contributed by atoms with Gasteiger partial charge < -0.3 is 4.74 Å². The molecular weight excluding hydrogens is 291 g/mol. The summed E-state index contributed by atoms with van der Waals surface area (Å²) in [6.07, 6.45) is 1.62. The van der Waals surface area contributed by atoms with Gasteiger partial charge in [-0.3, -0.25) is 0 Å². The van der Waals surface area contributed by atoms with Crippen LogP contribution >= 0.6 is 0 Å². The van der Waals surface area contributed by atoms with Crippen LogP contribution in [0.3, 0.4) is 0 Å². The first-order valence-corrected chi connectivity index (χ1v) is 7.90. The first-order chi connectivity index (χ1) is 9.98. The Hall–Kier alpha value is -2.14. The summed E-state index contributed by atoms with van der Waals surface area (Å²) < 4.78 is 43.3. The topological polar surface area (TPSA) is 43.4 Å². The van der Waals surface area contributed by atoms with E-state index in [9.17, 15) is 12.8 Å². The number of ether oxygens (including phenoxy) is 1. The van der Waals surface area contributed by atoms with E-state index in [4.69, 9.17) is 4.74 Å². The van der Waals surface area contributed by atoms with E-state index >= 15 is 0 Å². The van der Waals surface area contributed by atoms with Crippen molar-refractivity contribution in [2.75, 3.05) is 6.61 Å². The van der Waals surface area contributed by atoms with E-state index in [-0.39, 0.29) is 11.5 Å². The normalized spacial score (nSPS) is 15.4. The van der Waals surface area contributed by atoms with Crippen LogP contribution in [0.25, 0.3) is 6.08 Å². The third-order valence-electron chi connectivity index (χ3n) is 3.40. The highest BCUT2D eigenvalue weighted by Gasteiger charge is 2.30. The lowest BCUT2D eigenvalue weighted by atomic mass is 10.1. The molecule has 108 valence electrons. The Morgan fingerprint density at radius 1 is 1.14 bits per heavy atom. The van der Waals surface area contributed by atoms with Crippen molar-refractivity contribution in [2.45, 2.75) is 11.8 Å². The van der Waals surface area contributed by atoms with Gasteiger partial charge in [-0.1, -0.05) is 18.2 Å². The molecule has 0 N–H and O–H groups in total. The minimum absolute atomic E-state index is 0.111. The quantitative estimate of drug-likeness (QED) is 0.873. The highest BCUT2D eigenvalue weighted by Crippen LogP contribution is 2.34. The number of hydrogen-bond acceptors (Lipinski definition) is 3. The molecule has 3 rings (SSSR count). The van der Waals surface area contributed by atoms with E-state index in [0.29, 0.717) is 16.2 Å². The minimum Gasteiger partial charge on any atom is -0.488 e. The summed E-state index contributed by atoms with van der Waals surface area (Å²) in [6.45, 7) is 1.75. The molecule has 0 saturated heterocycles. The van der Waals surface area contributed by atoms with Crippen molar-refractivity contribution < 1.29 is 17.5 Å². The van der Waals surface area contributed by atoms with Gasteiger partial charge in [0.1, 0.15) is 18.2 Å². The molecule has 0 radical (unpaired) electrons. The zero-order valence-electron chi connectivity index (χ0n) is 11.3. The molecule has 0 unspecified atom stereocenters. The van der Waals surface area contributed by atoms with Crippen LogP contribution in [-0.4, -0.2) is 15.0 Å². The third kappa shape index (κ3) is 2.45. The van der Waals surface area contributed by atoms with Crippen LogP contribution in [0.5, 0.6) is 5.75 Å². The lowest BCUT2D eigenvalue weighted by molar-refractivity contribution is 0.357. The van der Waals surface area contributed by atoms with Crippen LogP contribution in [0.2, 0.25) is 0 Å². The molecule has 0 atom stereocenters. The highest BCUT2D eigenvalue weighted by molar-refractivity contribution is 7.95. The fourth-order valence-electron chi connectivity index (χ4n) is 2.28. The SMILES string of the molecule is Cc1cccc2c1C=C(COc1cccc(F)c1)S2(=O)=O. The number of benzene rings is 2. The van der Waals surface area contributed by atoms with Gasteiger partial charge in [0.15, 0.2) is 0 Å². The van der Waals surface area contributed by atoms with Crippen molar-refractivity contribution in [1.82, 2.24) is 0 Å². The van der Waals surface area contributed by atoms with Crippen molar-refractivity contribution >= 4 is 15.9 Å². The van der Waals surface area contributed by atoms with Gasteiger partial charge >= 0.3 is 0 Å². The fourth-order valence-corrected chi connectivity index (χ4v) is 3.82. The van der Waals surface area contributed by atoms with E-state index in [1.165, 1.54) is 18.2 Å². The van der Waals surface area contributed by atoms with E-state index in [2.05, 4.69) is 0 Å². The summed E-state index contributed by atoms with van der Waals surface area (Å²) in [5.41, 5.74) is 1.60. The fraction of sp³-hybridized carbons (Fsp3) is 0.125. The van der Waals surface area contributed by atoms with E-state index < -0.39 is 15.7 Å². The molecule has 0 aromatic heterocycles. The summed E-state index contributed by atoms with van der Waals surface area (Å²) in [4.78, 5) is 0.497. The van der Waals surface area contributed by atoms with Crippen LogP contribution in [0, 0.1) is 12.7 Å². The van der Waals surface area contributed by atoms with Crippen LogP contribution in [0.1, 0.15) is 11.1 Å². The summed E-state index contributed by atoms with van der Waals surface area (Å²) >= 11 is 0. The predicted octanol–water partition coefficient (Wildman–Crippen LogP) is 3.34. The number of rotatable bonds is 3. The molecule has 1 aliphatic heterocycles. The molecule has 1 aliphatic rings. The Labute approximate surface area is 122 Å². The molecule has 0 spiro atoms. The zero-order chi connectivity index (χ0) is 15.0. The molecule has 0 bridgehead atoms. The van der Waals surface area contributed by atoms with Gasteiger partial charge in [0.05, 0.1) is 9.80 Å². The van der Waals surface area contributed by atoms with Gasteiger partial charge in [0.25, 0.3) is 0 Å². The average molecular weight is 304 g/mol. The Bertz CT molecular complexity index is 838. The van der Waals surface area contributed by atoms with Gasteiger partial charge in [-0.2, -0.15) is 0 Å². The van der Waals surface area contributed by atoms with Crippen LogP contribution in [0.4, 0.5) is 4.39 Å². The van der Waals surface area contributed by atoms with Crippen molar-refractivity contribution in [1.29, 1.82) is 0 Å². The maximum atomic E-state index is 13.1. The minimum atomic E-state index is -3.51. The lowest BCUT2D eigenvalue weighted by Gasteiger charge is -2.07. The van der Waals surface area contributed by atoms with Crippen LogP contribution in [-0.2, 0) is 9.84 Å². The van der Waals surface area contributed by atoms with Crippen molar-refractivity contribution in [3.8, 4) is 5.75 Å². The number of halogens is 1. The Morgan fingerprint density at radius 2 is 1.90 bits per heavy atom. The van der Waals surface area contributed by atoms with Gasteiger partial charge in [-0.05, 0) is 42.3 Å². The van der Waals surface area contributed by atoms with E-state index in [0.717, 1.165) is 5.56 Å². The number of hydrogen-bond donors (Lipinski definition) is 0. The van der Waals surface area contributed by atoms with Gasteiger partial charge in [0, 0.05) is 6.07 Å². The van der Waals surface area contributed by atoms with Crippen LogP contribution < -0.4 is 4.74 Å². The third-order valence-corrected chi connectivity index (χ3v) is 5.26. The van der Waals surface area contributed by atoms with Crippen molar-refractivity contribution in [3.05, 3.63) is 64.3 Å². The average Bonchev–Trinajstić information content (AvgIpc) is 2.70. The molecule has 3 nitrogen and oxygen atoms in total.